The van der Waals surface area contributed by atoms with Crippen molar-refractivity contribution < 1.29 is 14.6 Å². The molecule has 2 heterocycles. The summed E-state index contributed by atoms with van der Waals surface area (Å²) in [5.74, 6) is 0.355. The number of hydrogen-bond acceptors (Lipinski definition) is 4. The first-order chi connectivity index (χ1) is 11.0. The highest BCUT2D eigenvalue weighted by Gasteiger charge is 2.42. The Balaban J connectivity index is 1.73. The fourth-order valence-corrected chi connectivity index (χ4v) is 4.13. The number of aliphatic hydroxyl groups excluding tert-OH is 1. The lowest BCUT2D eigenvalue weighted by atomic mass is 10.1. The monoisotopic (exact) mass is 321 g/mol. The minimum atomic E-state index is 0.0801. The summed E-state index contributed by atoms with van der Waals surface area (Å²) < 4.78 is 7.63. The van der Waals surface area contributed by atoms with Crippen LogP contribution in [0.1, 0.15) is 36.7 Å². The van der Waals surface area contributed by atoms with Gasteiger partial charge in [0.2, 0.25) is 5.91 Å². The summed E-state index contributed by atoms with van der Waals surface area (Å²) in [6.45, 7) is 7.84. The van der Waals surface area contributed by atoms with E-state index in [1.54, 1.807) is 0 Å². The van der Waals surface area contributed by atoms with Crippen molar-refractivity contribution in [1.29, 1.82) is 0 Å². The number of carbonyl (C=O) groups excluding carboxylic acids is 1. The van der Waals surface area contributed by atoms with E-state index in [4.69, 9.17) is 4.74 Å². The van der Waals surface area contributed by atoms with Gasteiger partial charge in [0.25, 0.3) is 0 Å². The predicted octanol–water partition coefficient (Wildman–Crippen LogP) is 1.06. The molecular formula is C17H27N3O3. The highest BCUT2D eigenvalue weighted by Crippen LogP contribution is 2.34. The highest BCUT2D eigenvalue weighted by atomic mass is 16.5. The second-order valence-corrected chi connectivity index (χ2v) is 6.74. The minimum absolute atomic E-state index is 0.0801. The molecule has 1 saturated heterocycles. The molecule has 2 fully saturated rings. The first-order valence-electron chi connectivity index (χ1n) is 8.59. The molecule has 1 amide bonds. The zero-order valence-electron chi connectivity index (χ0n) is 14.3. The van der Waals surface area contributed by atoms with Crippen LogP contribution >= 0.6 is 0 Å². The number of rotatable bonds is 4. The van der Waals surface area contributed by atoms with E-state index < -0.39 is 0 Å². The quantitative estimate of drug-likeness (QED) is 0.900. The second-order valence-electron chi connectivity index (χ2n) is 6.74. The van der Waals surface area contributed by atoms with Crippen LogP contribution in [0.25, 0.3) is 0 Å². The molecule has 3 rings (SSSR count). The lowest BCUT2D eigenvalue weighted by Crippen LogP contribution is -2.52. The third kappa shape index (κ3) is 3.02. The Hall–Kier alpha value is -1.40. The lowest BCUT2D eigenvalue weighted by molar-refractivity contribution is -0.144. The van der Waals surface area contributed by atoms with Crippen molar-refractivity contribution >= 4 is 5.91 Å². The van der Waals surface area contributed by atoms with Crippen LogP contribution in [-0.2, 0) is 22.5 Å². The average Bonchev–Trinajstić information content (AvgIpc) is 3.07. The molecule has 1 aromatic rings. The topological polar surface area (TPSA) is 67.6 Å². The van der Waals surface area contributed by atoms with Gasteiger partial charge in [0, 0.05) is 18.8 Å². The van der Waals surface area contributed by atoms with Crippen LogP contribution in [0.2, 0.25) is 0 Å². The molecule has 0 radical (unpaired) electrons. The molecule has 6 heteroatoms. The van der Waals surface area contributed by atoms with Crippen molar-refractivity contribution in [2.24, 2.45) is 5.92 Å². The Morgan fingerprint density at radius 1 is 1.39 bits per heavy atom. The molecule has 1 aliphatic carbocycles. The molecule has 0 aromatic carbocycles. The number of aliphatic hydroxyl groups is 1. The van der Waals surface area contributed by atoms with Gasteiger partial charge in [-0.2, -0.15) is 5.10 Å². The largest absolute Gasteiger partial charge is 0.396 e. The van der Waals surface area contributed by atoms with Crippen LogP contribution in [0.4, 0.5) is 0 Å². The Morgan fingerprint density at radius 3 is 2.83 bits per heavy atom. The third-order valence-corrected chi connectivity index (χ3v) is 5.38. The van der Waals surface area contributed by atoms with Gasteiger partial charge in [-0.25, -0.2) is 0 Å². The van der Waals surface area contributed by atoms with Crippen LogP contribution in [-0.4, -0.2) is 57.6 Å². The number of amides is 1. The second kappa shape index (κ2) is 6.61. The van der Waals surface area contributed by atoms with Crippen molar-refractivity contribution in [1.82, 2.24) is 14.7 Å². The summed E-state index contributed by atoms with van der Waals surface area (Å²) in [7, 11) is 0. The number of aryl methyl sites for hydroxylation is 1. The van der Waals surface area contributed by atoms with Crippen molar-refractivity contribution in [3.8, 4) is 0 Å². The Morgan fingerprint density at radius 2 is 2.17 bits per heavy atom. The van der Waals surface area contributed by atoms with E-state index in [-0.39, 0.29) is 30.6 Å². The number of hydrogen-bond donors (Lipinski definition) is 1. The van der Waals surface area contributed by atoms with Gasteiger partial charge in [-0.1, -0.05) is 6.92 Å². The summed E-state index contributed by atoms with van der Waals surface area (Å²) in [6.07, 6.45) is 2.71. The summed E-state index contributed by atoms with van der Waals surface area (Å²) >= 11 is 0. The molecule has 6 nitrogen and oxygen atoms in total. The standard InChI is InChI=1S/C17H27N3O3/c1-4-14-11(2)18-20(12(14)3)9-17(22)19-5-6-23-16-8-13(10-21)7-15(16)19/h13,15-16,21H,4-10H2,1-3H3/t13-,15+,16+/m1/s1. The van der Waals surface area contributed by atoms with E-state index in [2.05, 4.69) is 12.0 Å². The van der Waals surface area contributed by atoms with Gasteiger partial charge in [-0.05, 0) is 44.6 Å². The van der Waals surface area contributed by atoms with Gasteiger partial charge in [0.15, 0.2) is 0 Å². The summed E-state index contributed by atoms with van der Waals surface area (Å²) in [6, 6.07) is 0.107. The van der Waals surface area contributed by atoms with E-state index in [9.17, 15) is 9.90 Å². The lowest BCUT2D eigenvalue weighted by Gasteiger charge is -2.37. The summed E-state index contributed by atoms with van der Waals surface area (Å²) in [5, 5.41) is 13.9. The zero-order chi connectivity index (χ0) is 16.6. The molecule has 0 spiro atoms. The molecule has 2 aliphatic rings. The molecule has 1 aromatic heterocycles. The molecule has 128 valence electrons. The number of ether oxygens (including phenoxy) is 1. The van der Waals surface area contributed by atoms with E-state index >= 15 is 0 Å². The van der Waals surface area contributed by atoms with Crippen molar-refractivity contribution in [3.05, 3.63) is 17.0 Å². The molecule has 0 unspecified atom stereocenters. The predicted molar refractivity (Wildman–Crippen MR) is 86.1 cm³/mol. The van der Waals surface area contributed by atoms with Crippen molar-refractivity contribution in [2.45, 2.75) is 58.7 Å². The maximum absolute atomic E-state index is 12.8. The molecule has 3 atom stereocenters. The van der Waals surface area contributed by atoms with E-state index in [0.29, 0.717) is 19.7 Å². The minimum Gasteiger partial charge on any atom is -0.396 e. The van der Waals surface area contributed by atoms with Gasteiger partial charge in [-0.3, -0.25) is 9.48 Å². The fourth-order valence-electron chi connectivity index (χ4n) is 4.13. The molecule has 1 saturated carbocycles. The van der Waals surface area contributed by atoms with Crippen LogP contribution in [0.5, 0.6) is 0 Å². The number of aromatic nitrogens is 2. The zero-order valence-corrected chi connectivity index (χ0v) is 14.3. The smallest absolute Gasteiger partial charge is 0.244 e. The maximum Gasteiger partial charge on any atom is 0.244 e. The van der Waals surface area contributed by atoms with Crippen molar-refractivity contribution in [3.63, 3.8) is 0 Å². The first-order valence-corrected chi connectivity index (χ1v) is 8.59. The van der Waals surface area contributed by atoms with Crippen LogP contribution in [0.15, 0.2) is 0 Å². The normalized spacial score (nSPS) is 27.3. The van der Waals surface area contributed by atoms with Crippen molar-refractivity contribution in [2.75, 3.05) is 19.8 Å². The fraction of sp³-hybridized carbons (Fsp3) is 0.765. The van der Waals surface area contributed by atoms with E-state index in [0.717, 1.165) is 30.7 Å². The van der Waals surface area contributed by atoms with Gasteiger partial charge >= 0.3 is 0 Å². The molecule has 23 heavy (non-hydrogen) atoms. The Labute approximate surface area is 137 Å². The number of nitrogens with zero attached hydrogens (tertiary/aromatic N) is 3. The van der Waals surface area contributed by atoms with Crippen LogP contribution in [0.3, 0.4) is 0 Å². The van der Waals surface area contributed by atoms with E-state index in [1.807, 2.05) is 23.4 Å². The molecular weight excluding hydrogens is 294 g/mol. The Bertz CT molecular complexity index is 584. The number of fused-ring (bicyclic) bond motifs is 1. The Kier molecular flexibility index (Phi) is 4.73. The first kappa shape index (κ1) is 16.5. The number of carbonyl (C=O) groups is 1. The van der Waals surface area contributed by atoms with Gasteiger partial charge in [-0.15, -0.1) is 0 Å². The van der Waals surface area contributed by atoms with Crippen LogP contribution in [0, 0.1) is 19.8 Å². The molecule has 0 bridgehead atoms. The highest BCUT2D eigenvalue weighted by molar-refractivity contribution is 5.76. The summed E-state index contributed by atoms with van der Waals surface area (Å²) in [4.78, 5) is 14.8. The van der Waals surface area contributed by atoms with Gasteiger partial charge in [0.1, 0.15) is 6.54 Å². The van der Waals surface area contributed by atoms with Gasteiger partial charge in [0.05, 0.1) is 24.4 Å². The van der Waals surface area contributed by atoms with E-state index in [1.165, 1.54) is 5.56 Å². The summed E-state index contributed by atoms with van der Waals surface area (Å²) in [5.41, 5.74) is 3.33. The third-order valence-electron chi connectivity index (χ3n) is 5.38. The maximum atomic E-state index is 12.8. The average molecular weight is 321 g/mol. The molecule has 1 N–H and O–H groups in total. The molecule has 1 aliphatic heterocycles. The SMILES string of the molecule is CCc1c(C)nn(CC(=O)N2CCO[C@H]3C[C@H](CO)C[C@@H]32)c1C. The van der Waals surface area contributed by atoms with Crippen LogP contribution < -0.4 is 0 Å². The van der Waals surface area contributed by atoms with Gasteiger partial charge < -0.3 is 14.7 Å². The number of morpholine rings is 1.